The van der Waals surface area contributed by atoms with Gasteiger partial charge < -0.3 is 10.6 Å². The molecule has 1 aromatic carbocycles. The van der Waals surface area contributed by atoms with E-state index in [1.54, 1.807) is 24.7 Å². The molecular weight excluding hydrogens is 322 g/mol. The largest absolute Gasteiger partial charge is 0.350 e. The van der Waals surface area contributed by atoms with Gasteiger partial charge in [0.15, 0.2) is 11.8 Å². The van der Waals surface area contributed by atoms with Crippen molar-refractivity contribution in [3.8, 4) is 5.69 Å². The second-order valence-electron chi connectivity index (χ2n) is 5.10. The van der Waals surface area contributed by atoms with E-state index in [1.165, 1.54) is 4.88 Å². The first-order valence-corrected chi connectivity index (χ1v) is 8.38. The lowest BCUT2D eigenvalue weighted by molar-refractivity contribution is 0.752. The van der Waals surface area contributed by atoms with Crippen LogP contribution in [0.5, 0.6) is 0 Å². The molecule has 7 nitrogen and oxygen atoms in total. The highest BCUT2D eigenvalue weighted by atomic mass is 32.1. The quantitative estimate of drug-likeness (QED) is 0.547. The Bertz CT molecular complexity index is 807. The summed E-state index contributed by atoms with van der Waals surface area (Å²) < 4.78 is 1.95. The summed E-state index contributed by atoms with van der Waals surface area (Å²) >= 11 is 1.67. The lowest BCUT2D eigenvalue weighted by atomic mass is 10.3. The molecule has 0 radical (unpaired) electrons. The summed E-state index contributed by atoms with van der Waals surface area (Å²) in [4.78, 5) is 9.76. The molecule has 0 spiro atoms. The number of nitrogens with zero attached hydrogens (tertiary/aromatic N) is 5. The SMILES string of the molecule is CN=C(NCc1ncc(C)s1)NCc1nncn1-c1ccccc1. The molecule has 3 aromatic rings. The van der Waals surface area contributed by atoms with E-state index in [9.17, 15) is 0 Å². The van der Waals surface area contributed by atoms with Gasteiger partial charge in [-0.15, -0.1) is 21.5 Å². The molecule has 3 rings (SSSR count). The van der Waals surface area contributed by atoms with Crippen LogP contribution in [0.3, 0.4) is 0 Å². The van der Waals surface area contributed by atoms with Crippen molar-refractivity contribution in [3.05, 3.63) is 58.6 Å². The third-order valence-corrected chi connectivity index (χ3v) is 4.28. The van der Waals surface area contributed by atoms with Crippen molar-refractivity contribution >= 4 is 17.3 Å². The van der Waals surface area contributed by atoms with Crippen LogP contribution in [-0.4, -0.2) is 32.8 Å². The molecule has 0 atom stereocenters. The van der Waals surface area contributed by atoms with Crippen LogP contribution in [0.1, 0.15) is 15.7 Å². The van der Waals surface area contributed by atoms with Crippen LogP contribution in [0.25, 0.3) is 5.69 Å². The molecule has 0 amide bonds. The first kappa shape index (κ1) is 16.1. The van der Waals surface area contributed by atoms with E-state index in [2.05, 4.69) is 30.8 Å². The molecule has 2 aromatic heterocycles. The molecule has 0 saturated carbocycles. The van der Waals surface area contributed by atoms with Crippen molar-refractivity contribution in [1.82, 2.24) is 30.4 Å². The maximum absolute atomic E-state index is 4.33. The van der Waals surface area contributed by atoms with Gasteiger partial charge in [-0.3, -0.25) is 9.56 Å². The zero-order valence-electron chi connectivity index (χ0n) is 13.6. The number of nitrogens with one attached hydrogen (secondary N) is 2. The van der Waals surface area contributed by atoms with Crippen LogP contribution in [0, 0.1) is 6.92 Å². The number of hydrogen-bond donors (Lipinski definition) is 2. The highest BCUT2D eigenvalue weighted by Gasteiger charge is 2.07. The van der Waals surface area contributed by atoms with Crippen LogP contribution in [0.15, 0.2) is 47.8 Å². The minimum Gasteiger partial charge on any atom is -0.350 e. The number of guanidine groups is 1. The topological polar surface area (TPSA) is 80.0 Å². The average Bonchev–Trinajstić information content (AvgIpc) is 3.25. The monoisotopic (exact) mass is 341 g/mol. The standard InChI is InChI=1S/C16H19N7S/c1-12-8-18-15(24-12)10-20-16(17-2)19-9-14-22-21-11-23(14)13-6-4-3-5-7-13/h3-8,11H,9-10H2,1-2H3,(H2,17,19,20). The van der Waals surface area contributed by atoms with E-state index in [-0.39, 0.29) is 0 Å². The third kappa shape index (κ3) is 3.96. The van der Waals surface area contributed by atoms with Gasteiger partial charge in [0.05, 0.1) is 13.1 Å². The number of aryl methyl sites for hydroxylation is 1. The Morgan fingerprint density at radius 1 is 1.21 bits per heavy atom. The Hall–Kier alpha value is -2.74. The maximum Gasteiger partial charge on any atom is 0.191 e. The fourth-order valence-corrected chi connectivity index (χ4v) is 2.94. The number of aromatic nitrogens is 4. The van der Waals surface area contributed by atoms with Crippen molar-refractivity contribution in [3.63, 3.8) is 0 Å². The number of aliphatic imine (C=N–C) groups is 1. The van der Waals surface area contributed by atoms with E-state index in [4.69, 9.17) is 0 Å². The normalized spacial score (nSPS) is 11.5. The van der Waals surface area contributed by atoms with Crippen LogP contribution < -0.4 is 10.6 Å². The van der Waals surface area contributed by atoms with Gasteiger partial charge in [0, 0.05) is 23.8 Å². The fraction of sp³-hybridized carbons (Fsp3) is 0.250. The molecule has 0 unspecified atom stereocenters. The molecule has 0 saturated heterocycles. The summed E-state index contributed by atoms with van der Waals surface area (Å²) in [6.45, 7) is 3.21. The molecule has 0 bridgehead atoms. The van der Waals surface area contributed by atoms with E-state index in [0.717, 1.165) is 16.5 Å². The fourth-order valence-electron chi connectivity index (χ4n) is 2.21. The van der Waals surface area contributed by atoms with Crippen molar-refractivity contribution in [2.45, 2.75) is 20.0 Å². The Morgan fingerprint density at radius 2 is 2.00 bits per heavy atom. The zero-order valence-corrected chi connectivity index (χ0v) is 14.4. The lowest BCUT2D eigenvalue weighted by Gasteiger charge is -2.11. The highest BCUT2D eigenvalue weighted by Crippen LogP contribution is 2.10. The molecule has 0 aliphatic carbocycles. The van der Waals surface area contributed by atoms with Gasteiger partial charge in [-0.25, -0.2) is 4.98 Å². The van der Waals surface area contributed by atoms with E-state index < -0.39 is 0 Å². The van der Waals surface area contributed by atoms with Gasteiger partial charge in [-0.05, 0) is 19.1 Å². The minimum atomic E-state index is 0.519. The van der Waals surface area contributed by atoms with Gasteiger partial charge in [-0.1, -0.05) is 18.2 Å². The van der Waals surface area contributed by atoms with E-state index in [1.807, 2.05) is 48.0 Å². The summed E-state index contributed by atoms with van der Waals surface area (Å²) in [6.07, 6.45) is 3.58. The first-order chi connectivity index (χ1) is 11.8. The summed E-state index contributed by atoms with van der Waals surface area (Å²) in [5.74, 6) is 1.51. The van der Waals surface area contributed by atoms with Gasteiger partial charge >= 0.3 is 0 Å². The molecule has 124 valence electrons. The number of hydrogen-bond acceptors (Lipinski definition) is 5. The molecule has 8 heteroatoms. The zero-order chi connectivity index (χ0) is 16.8. The maximum atomic E-state index is 4.33. The molecule has 24 heavy (non-hydrogen) atoms. The Balaban J connectivity index is 1.59. The predicted molar refractivity (Wildman–Crippen MR) is 95.2 cm³/mol. The number of rotatable bonds is 5. The second-order valence-corrected chi connectivity index (χ2v) is 6.42. The lowest BCUT2D eigenvalue weighted by Crippen LogP contribution is -2.36. The molecule has 0 aliphatic rings. The summed E-state index contributed by atoms with van der Waals surface area (Å²) in [6, 6.07) is 10.00. The molecular formula is C16H19N7S. The van der Waals surface area contributed by atoms with Gasteiger partial charge in [0.25, 0.3) is 0 Å². The van der Waals surface area contributed by atoms with Crippen LogP contribution in [0.4, 0.5) is 0 Å². The molecule has 0 fully saturated rings. The summed E-state index contributed by atoms with van der Waals surface area (Å²) in [5.41, 5.74) is 1.03. The minimum absolute atomic E-state index is 0.519. The molecule has 2 heterocycles. The summed E-state index contributed by atoms with van der Waals surface area (Å²) in [5, 5.41) is 15.7. The smallest absolute Gasteiger partial charge is 0.191 e. The number of thiazole rings is 1. The average molecular weight is 341 g/mol. The Morgan fingerprint density at radius 3 is 2.71 bits per heavy atom. The predicted octanol–water partition coefficient (Wildman–Crippen LogP) is 1.90. The third-order valence-electron chi connectivity index (χ3n) is 3.37. The highest BCUT2D eigenvalue weighted by molar-refractivity contribution is 7.11. The van der Waals surface area contributed by atoms with E-state index >= 15 is 0 Å². The van der Waals surface area contributed by atoms with Crippen LogP contribution in [-0.2, 0) is 13.1 Å². The van der Waals surface area contributed by atoms with Gasteiger partial charge in [0.1, 0.15) is 11.3 Å². The van der Waals surface area contributed by atoms with Gasteiger partial charge in [0.2, 0.25) is 0 Å². The van der Waals surface area contributed by atoms with Crippen molar-refractivity contribution in [2.24, 2.45) is 4.99 Å². The van der Waals surface area contributed by atoms with Crippen molar-refractivity contribution in [2.75, 3.05) is 7.05 Å². The summed E-state index contributed by atoms with van der Waals surface area (Å²) in [7, 11) is 1.74. The van der Waals surface area contributed by atoms with Crippen molar-refractivity contribution < 1.29 is 0 Å². The first-order valence-electron chi connectivity index (χ1n) is 7.56. The van der Waals surface area contributed by atoms with Crippen LogP contribution >= 0.6 is 11.3 Å². The van der Waals surface area contributed by atoms with E-state index in [0.29, 0.717) is 19.0 Å². The Labute approximate surface area is 144 Å². The van der Waals surface area contributed by atoms with Gasteiger partial charge in [-0.2, -0.15) is 0 Å². The number of para-hydroxylation sites is 1. The molecule has 0 aliphatic heterocycles. The number of benzene rings is 1. The Kier molecular flexibility index (Phi) is 5.17. The van der Waals surface area contributed by atoms with Crippen molar-refractivity contribution in [1.29, 1.82) is 0 Å². The second kappa shape index (κ2) is 7.69. The van der Waals surface area contributed by atoms with Crippen LogP contribution in [0.2, 0.25) is 0 Å². The molecule has 2 N–H and O–H groups in total.